The first-order chi connectivity index (χ1) is 41.8. The standard InChI is InChI=1S/C48H79N3O38/c1-12(58)49-23-15(61)4-48(46(77)78,88-37(23)26(65)16(62)5-52)89-40-29(68)19(8-55)82-44(34(40)73)85-36-25(50-13(2)59)42(86-39-28(67)18(7-54)81-43(33(39)72)84-35-20(9-56)80-41(74)32(71)31(35)70)83-21(30(36)69)11-79-47(45(75)76)3-14(60)24(51-22(64)10-57)38(87-47)27(66)17(63)6-53/h14-21,23-44,52-57,60-63,65-74H,3-11H2,1-2H3,(H,49,58)(H,50,59)(H,51,64)(H,75,76)(H,77,78)/t14-,15-,16+,17+,18+,19+,20+,21+,23+,24+,25+,26+,27+,28-,29-,30+,31+,32+,33+,34+,35+,36+,37+,38+,39-,40-,41+,42-,43-,44-,47+,48-/m0/s1. The second kappa shape index (κ2) is 31.4. The summed E-state index contributed by atoms with van der Waals surface area (Å²) in [5.41, 5.74) is 0. The Morgan fingerprint density at radius 1 is 0.483 bits per heavy atom. The maximum absolute atomic E-state index is 13.3. The fourth-order valence-corrected chi connectivity index (χ4v) is 11.0. The monoisotopic (exact) mass is 1310 g/mol. The number of amides is 3. The molecule has 0 aromatic heterocycles. The van der Waals surface area contributed by atoms with Crippen LogP contribution < -0.4 is 16.0 Å². The Kier molecular flexibility index (Phi) is 26.1. The van der Waals surface area contributed by atoms with Gasteiger partial charge in [0.15, 0.2) is 25.2 Å². The molecular formula is C48H79N3O38. The van der Waals surface area contributed by atoms with Crippen LogP contribution in [0.3, 0.4) is 0 Å². The Labute approximate surface area is 501 Å². The largest absolute Gasteiger partial charge is 0.477 e. The second-order valence-electron chi connectivity index (χ2n) is 21.9. The molecule has 3 amide bonds. The van der Waals surface area contributed by atoms with E-state index in [0.29, 0.717) is 0 Å². The molecule has 514 valence electrons. The molecular weight excluding hydrogens is 1230 g/mol. The summed E-state index contributed by atoms with van der Waals surface area (Å²) in [6.45, 7) is -6.76. The van der Waals surface area contributed by atoms with Crippen LogP contribution in [0.5, 0.6) is 0 Å². The van der Waals surface area contributed by atoms with Crippen LogP contribution >= 0.6 is 0 Å². The van der Waals surface area contributed by atoms with E-state index in [1.54, 1.807) is 0 Å². The lowest BCUT2D eigenvalue weighted by atomic mass is 9.88. The number of carbonyl (C=O) groups is 5. The predicted molar refractivity (Wildman–Crippen MR) is 270 cm³/mol. The number of carboxylic acids is 2. The smallest absolute Gasteiger partial charge is 0.364 e. The molecule has 41 nitrogen and oxygen atoms in total. The predicted octanol–water partition coefficient (Wildman–Crippen LogP) is -16.3. The molecule has 89 heavy (non-hydrogen) atoms. The van der Waals surface area contributed by atoms with Gasteiger partial charge in [-0.15, -0.1) is 0 Å². The van der Waals surface area contributed by atoms with Crippen molar-refractivity contribution in [3.63, 3.8) is 0 Å². The molecule has 0 aromatic rings. The summed E-state index contributed by atoms with van der Waals surface area (Å²) in [5, 5.41) is 244. The zero-order valence-corrected chi connectivity index (χ0v) is 47.1. The summed E-state index contributed by atoms with van der Waals surface area (Å²) in [5.74, 6) is -14.2. The van der Waals surface area contributed by atoms with Crippen molar-refractivity contribution in [1.82, 2.24) is 16.0 Å². The topological polar surface area (TPSA) is 668 Å². The SMILES string of the molecule is CC(=O)N[C@H]1[C@H](O[C@H]2[C@@H](O)[C@@H](CO)O[C@@H](O[C@H]3[C@H](O)[C@@H](O)[C@H](O)O[C@@H]3CO)[C@@H]2O)O[C@H](CO[C@]2(C(=O)O)C[C@H](O)[C@@H](NC(=O)CO)[C@H]([C@H](O)[C@H](O)CO)O2)[C@@H](O)[C@@H]1O[C@@H]1O[C@H](CO)[C@H](O)[C@H](O[C@]2(C(=O)O)C[C@H](O)[C@@H](NC(C)=O)[C@H]([C@H](O)[C@H](O)CO)O2)[C@H]1O. The maximum Gasteiger partial charge on any atom is 0.364 e. The van der Waals surface area contributed by atoms with Crippen LogP contribution in [0.1, 0.15) is 26.7 Å². The average molecular weight is 1310 g/mol. The van der Waals surface area contributed by atoms with Gasteiger partial charge in [-0.05, 0) is 0 Å². The summed E-state index contributed by atoms with van der Waals surface area (Å²) < 4.78 is 63.0. The molecule has 6 fully saturated rings. The van der Waals surface area contributed by atoms with Gasteiger partial charge in [-0.25, -0.2) is 9.59 Å². The van der Waals surface area contributed by atoms with Crippen LogP contribution in [0, 0.1) is 0 Å². The van der Waals surface area contributed by atoms with Gasteiger partial charge in [0.2, 0.25) is 17.7 Å². The molecule has 0 aliphatic carbocycles. The number of rotatable bonds is 26. The third-order valence-electron chi connectivity index (χ3n) is 15.7. The summed E-state index contributed by atoms with van der Waals surface area (Å²) >= 11 is 0. The lowest BCUT2D eigenvalue weighted by Crippen LogP contribution is -2.72. The molecule has 0 saturated carbocycles. The van der Waals surface area contributed by atoms with Crippen molar-refractivity contribution in [2.24, 2.45) is 0 Å². The Balaban J connectivity index is 1.43. The highest BCUT2D eigenvalue weighted by molar-refractivity contribution is 5.78. The molecule has 0 aromatic carbocycles. The number of carboxylic acid groups (broad SMARTS) is 2. The number of aliphatic carboxylic acids is 2. The van der Waals surface area contributed by atoms with Gasteiger partial charge < -0.3 is 180 Å². The lowest BCUT2D eigenvalue weighted by molar-refractivity contribution is -0.391. The van der Waals surface area contributed by atoms with Gasteiger partial charge in [0.05, 0.1) is 63.9 Å². The normalized spacial score (nSPS) is 44.2. The first-order valence-corrected chi connectivity index (χ1v) is 27.5. The van der Waals surface area contributed by atoms with Crippen molar-refractivity contribution in [3.8, 4) is 0 Å². The van der Waals surface area contributed by atoms with Crippen molar-refractivity contribution in [1.29, 1.82) is 0 Å². The fraction of sp³-hybridized carbons (Fsp3) is 0.896. The number of carbonyl (C=O) groups excluding carboxylic acids is 3. The van der Waals surface area contributed by atoms with Crippen LogP contribution in [-0.2, 0) is 76.1 Å². The van der Waals surface area contributed by atoms with Crippen LogP contribution in [-0.4, -0.2) is 384 Å². The minimum atomic E-state index is -3.35. The lowest BCUT2D eigenvalue weighted by Gasteiger charge is -2.52. The van der Waals surface area contributed by atoms with Crippen LogP contribution in [0.25, 0.3) is 0 Å². The van der Waals surface area contributed by atoms with E-state index in [-0.39, 0.29) is 0 Å². The molecule has 6 rings (SSSR count). The van der Waals surface area contributed by atoms with Gasteiger partial charge in [0, 0.05) is 26.7 Å². The summed E-state index contributed by atoms with van der Waals surface area (Å²) in [4.78, 5) is 64.2. The highest BCUT2D eigenvalue weighted by Gasteiger charge is 2.63. The first-order valence-electron chi connectivity index (χ1n) is 27.5. The molecule has 0 spiro atoms. The minimum Gasteiger partial charge on any atom is -0.477 e. The van der Waals surface area contributed by atoms with E-state index in [9.17, 15) is 136 Å². The van der Waals surface area contributed by atoms with E-state index < -0.39 is 284 Å². The first kappa shape index (κ1) is 74.2. The van der Waals surface area contributed by atoms with Crippen molar-refractivity contribution >= 4 is 29.7 Å². The summed E-state index contributed by atoms with van der Waals surface area (Å²) in [6, 6.07) is -5.82. The maximum atomic E-state index is 13.3. The zero-order valence-electron chi connectivity index (χ0n) is 47.1. The molecule has 6 heterocycles. The molecule has 6 aliphatic heterocycles. The van der Waals surface area contributed by atoms with E-state index in [0.717, 1.165) is 13.8 Å². The zero-order chi connectivity index (χ0) is 66.5. The Morgan fingerprint density at radius 2 is 0.910 bits per heavy atom. The fourth-order valence-electron chi connectivity index (χ4n) is 11.0. The van der Waals surface area contributed by atoms with Crippen molar-refractivity contribution in [2.75, 3.05) is 46.2 Å². The number of hydrogen-bond donors (Lipinski definition) is 25. The Morgan fingerprint density at radius 3 is 1.39 bits per heavy atom. The summed E-state index contributed by atoms with van der Waals surface area (Å²) in [7, 11) is 0. The second-order valence-corrected chi connectivity index (χ2v) is 21.9. The highest BCUT2D eigenvalue weighted by atomic mass is 16.8. The molecule has 0 radical (unpaired) electrons. The van der Waals surface area contributed by atoms with Gasteiger partial charge in [0.1, 0.15) is 141 Å². The summed E-state index contributed by atoms with van der Waals surface area (Å²) in [6.07, 6.45) is -62.9. The van der Waals surface area contributed by atoms with Crippen molar-refractivity contribution < 1.29 is 188 Å². The molecule has 0 unspecified atom stereocenters. The van der Waals surface area contributed by atoms with Gasteiger partial charge in [-0.3, -0.25) is 14.4 Å². The average Bonchev–Trinajstić information content (AvgIpc) is 0.846. The van der Waals surface area contributed by atoms with Gasteiger partial charge in [0.25, 0.3) is 11.6 Å². The third kappa shape index (κ3) is 16.2. The number of aliphatic hydroxyl groups excluding tert-OH is 20. The number of ether oxygens (including phenoxy) is 11. The Bertz CT molecular complexity index is 2340. The van der Waals surface area contributed by atoms with Crippen LogP contribution in [0.2, 0.25) is 0 Å². The Hall–Kier alpha value is -3.89. The number of nitrogens with one attached hydrogen (secondary N) is 3. The van der Waals surface area contributed by atoms with E-state index in [1.165, 1.54) is 0 Å². The van der Waals surface area contributed by atoms with Gasteiger partial charge >= 0.3 is 11.9 Å². The van der Waals surface area contributed by atoms with Gasteiger partial charge in [-0.1, -0.05) is 0 Å². The van der Waals surface area contributed by atoms with E-state index >= 15 is 0 Å². The van der Waals surface area contributed by atoms with E-state index in [2.05, 4.69) is 16.0 Å². The third-order valence-corrected chi connectivity index (χ3v) is 15.7. The van der Waals surface area contributed by atoms with Crippen molar-refractivity contribution in [2.45, 2.75) is 222 Å². The minimum absolute atomic E-state index is 0.843. The number of aliphatic hydroxyl groups is 20. The molecule has 41 heteroatoms. The molecule has 6 saturated heterocycles. The molecule has 25 N–H and O–H groups in total. The quantitative estimate of drug-likeness (QED) is 0.0382. The van der Waals surface area contributed by atoms with Crippen molar-refractivity contribution in [3.05, 3.63) is 0 Å². The molecule has 32 atom stereocenters. The van der Waals surface area contributed by atoms with Crippen LogP contribution in [0.4, 0.5) is 0 Å². The highest BCUT2D eigenvalue weighted by Crippen LogP contribution is 2.41. The van der Waals surface area contributed by atoms with E-state index in [4.69, 9.17) is 52.1 Å². The molecule has 6 aliphatic rings. The van der Waals surface area contributed by atoms with Gasteiger partial charge in [-0.2, -0.15) is 0 Å². The molecule has 0 bridgehead atoms. The van der Waals surface area contributed by atoms with E-state index in [1.807, 2.05) is 0 Å². The number of hydrogen-bond acceptors (Lipinski definition) is 36. The van der Waals surface area contributed by atoms with Crippen LogP contribution in [0.15, 0.2) is 0 Å².